The van der Waals surface area contributed by atoms with Crippen molar-refractivity contribution in [2.24, 2.45) is 5.41 Å². The minimum atomic E-state index is -0.975. The van der Waals surface area contributed by atoms with Gasteiger partial charge in [0.05, 0.1) is 30.5 Å². The lowest BCUT2D eigenvalue weighted by Gasteiger charge is -2.40. The summed E-state index contributed by atoms with van der Waals surface area (Å²) in [6.07, 6.45) is 1.63. The molecule has 0 radical (unpaired) electrons. The van der Waals surface area contributed by atoms with Crippen molar-refractivity contribution < 1.29 is 28.5 Å². The molecule has 3 rings (SSSR count). The Morgan fingerprint density at radius 1 is 1.16 bits per heavy atom. The Morgan fingerprint density at radius 3 is 2.08 bits per heavy atom. The van der Waals surface area contributed by atoms with Gasteiger partial charge in [-0.05, 0) is 77.7 Å². The maximum absolute atomic E-state index is 14.8. The number of carbonyl (C=O) groups is 1. The third-order valence-electron chi connectivity index (χ3n) is 6.27. The lowest BCUT2D eigenvalue weighted by molar-refractivity contribution is -0.136. The number of hydrogen-bond acceptors (Lipinski definition) is 6. The average Bonchev–Trinajstić information content (AvgIpc) is 2.73. The van der Waals surface area contributed by atoms with E-state index in [4.69, 9.17) is 14.8 Å². The topological polar surface area (TPSA) is 86.1 Å². The SMILES string of the molecule is CC(C)(C)O.COc1c(F)cc(-c2c(CN(C)C)nc(C)c(CC(=O)O)c2N2CCC(C)(C)CC2)cc1F. The molecular weight excluding hydrogens is 492 g/mol. The summed E-state index contributed by atoms with van der Waals surface area (Å²) in [6.45, 7) is 13.3. The highest BCUT2D eigenvalue weighted by atomic mass is 19.1. The number of aliphatic carboxylic acids is 1. The van der Waals surface area contributed by atoms with Gasteiger partial charge in [-0.15, -0.1) is 0 Å². The molecule has 0 atom stereocenters. The second kappa shape index (κ2) is 12.4. The first kappa shape index (κ1) is 31.4. The number of aromatic nitrogens is 1. The third-order valence-corrected chi connectivity index (χ3v) is 6.27. The van der Waals surface area contributed by atoms with E-state index >= 15 is 0 Å². The smallest absolute Gasteiger partial charge is 0.307 e. The molecule has 38 heavy (non-hydrogen) atoms. The fourth-order valence-corrected chi connectivity index (χ4v) is 4.45. The number of aryl methyl sites for hydroxylation is 1. The van der Waals surface area contributed by atoms with Crippen LogP contribution >= 0.6 is 0 Å². The first-order valence-electron chi connectivity index (χ1n) is 12.8. The molecule has 9 heteroatoms. The van der Waals surface area contributed by atoms with Crippen LogP contribution in [0.2, 0.25) is 0 Å². The van der Waals surface area contributed by atoms with Crippen LogP contribution in [0.25, 0.3) is 11.1 Å². The van der Waals surface area contributed by atoms with Crippen LogP contribution in [0.15, 0.2) is 12.1 Å². The van der Waals surface area contributed by atoms with Gasteiger partial charge < -0.3 is 24.7 Å². The molecule has 2 N–H and O–H groups in total. The van der Waals surface area contributed by atoms with Crippen molar-refractivity contribution in [2.45, 2.75) is 73.0 Å². The minimum Gasteiger partial charge on any atom is -0.491 e. The molecule has 1 aromatic carbocycles. The quantitative estimate of drug-likeness (QED) is 0.489. The van der Waals surface area contributed by atoms with Gasteiger partial charge in [0.15, 0.2) is 17.4 Å². The standard InChI is InChI=1S/C25H33F2N3O3.C4H10O/c1-15-17(13-21(31)32)23(30-9-7-25(2,3)8-10-30)22(20(28-15)14-29(4)5)16-11-18(26)24(33-6)19(27)12-16;1-4(2,3)5/h11-12H,7-10,13-14H2,1-6H3,(H,31,32);5H,1-3H3. The predicted octanol–water partition coefficient (Wildman–Crippen LogP) is 5.44. The summed E-state index contributed by atoms with van der Waals surface area (Å²) in [5, 5.41) is 18.2. The Labute approximate surface area is 225 Å². The van der Waals surface area contributed by atoms with E-state index in [9.17, 15) is 18.7 Å². The van der Waals surface area contributed by atoms with Crippen LogP contribution in [0, 0.1) is 24.0 Å². The van der Waals surface area contributed by atoms with E-state index in [1.807, 2.05) is 19.0 Å². The maximum atomic E-state index is 14.8. The van der Waals surface area contributed by atoms with Crippen LogP contribution in [0.4, 0.5) is 14.5 Å². The lowest BCUT2D eigenvalue weighted by atomic mass is 9.82. The van der Waals surface area contributed by atoms with Crippen molar-refractivity contribution in [1.29, 1.82) is 0 Å². The first-order chi connectivity index (χ1) is 17.4. The molecule has 0 bridgehead atoms. The Morgan fingerprint density at radius 2 is 1.66 bits per heavy atom. The monoisotopic (exact) mass is 535 g/mol. The molecule has 2 aromatic rings. The van der Waals surface area contributed by atoms with Crippen LogP contribution in [0.5, 0.6) is 5.75 Å². The number of ether oxygens (including phenoxy) is 1. The first-order valence-corrected chi connectivity index (χ1v) is 12.8. The van der Waals surface area contributed by atoms with Crippen molar-refractivity contribution in [2.75, 3.05) is 39.2 Å². The molecule has 0 amide bonds. The molecule has 0 aliphatic carbocycles. The second-order valence-electron chi connectivity index (χ2n) is 11.9. The molecular formula is C29H43F2N3O4. The highest BCUT2D eigenvalue weighted by Gasteiger charge is 2.31. The number of benzene rings is 1. The van der Waals surface area contributed by atoms with Crippen LogP contribution in [0.1, 0.15) is 64.4 Å². The highest BCUT2D eigenvalue weighted by Crippen LogP contribution is 2.43. The van der Waals surface area contributed by atoms with E-state index in [0.717, 1.165) is 25.9 Å². The third kappa shape index (κ3) is 8.63. The van der Waals surface area contributed by atoms with Crippen LogP contribution in [-0.2, 0) is 17.8 Å². The number of carboxylic acids is 1. The van der Waals surface area contributed by atoms with Gasteiger partial charge in [-0.1, -0.05) is 13.8 Å². The van der Waals surface area contributed by atoms with Gasteiger partial charge in [0.25, 0.3) is 0 Å². The Balaban J connectivity index is 0.000000926. The molecule has 0 unspecified atom stereocenters. The Kier molecular flexibility index (Phi) is 10.2. The zero-order valence-electron chi connectivity index (χ0n) is 24.2. The highest BCUT2D eigenvalue weighted by molar-refractivity contribution is 5.86. The number of pyridine rings is 1. The molecule has 1 fully saturated rings. The molecule has 2 heterocycles. The number of nitrogens with zero attached hydrogens (tertiary/aromatic N) is 3. The summed E-state index contributed by atoms with van der Waals surface area (Å²) in [7, 11) is 5.01. The van der Waals surface area contributed by atoms with Crippen LogP contribution in [0.3, 0.4) is 0 Å². The van der Waals surface area contributed by atoms with Gasteiger partial charge in [0.2, 0.25) is 0 Å². The van der Waals surface area contributed by atoms with Gasteiger partial charge >= 0.3 is 5.97 Å². The van der Waals surface area contributed by atoms with E-state index in [-0.39, 0.29) is 11.8 Å². The molecule has 0 saturated carbocycles. The zero-order valence-corrected chi connectivity index (χ0v) is 24.2. The number of rotatable bonds is 7. The zero-order chi connectivity index (χ0) is 29.0. The number of carboxylic acid groups (broad SMARTS) is 1. The van der Waals surface area contributed by atoms with Gasteiger partial charge in [-0.3, -0.25) is 9.78 Å². The molecule has 0 spiro atoms. The van der Waals surface area contributed by atoms with Gasteiger partial charge in [0, 0.05) is 36.5 Å². The van der Waals surface area contributed by atoms with E-state index in [0.29, 0.717) is 40.3 Å². The summed E-state index contributed by atoms with van der Waals surface area (Å²) in [5.41, 5.74) is 3.13. The van der Waals surface area contributed by atoms with Crippen molar-refractivity contribution in [3.63, 3.8) is 0 Å². The maximum Gasteiger partial charge on any atom is 0.307 e. The molecule has 1 saturated heterocycles. The number of anilines is 1. The summed E-state index contributed by atoms with van der Waals surface area (Å²) in [5.74, 6) is -3.04. The number of hydrogen-bond donors (Lipinski definition) is 2. The molecule has 212 valence electrons. The summed E-state index contributed by atoms with van der Waals surface area (Å²) in [6, 6.07) is 2.49. The largest absolute Gasteiger partial charge is 0.491 e. The predicted molar refractivity (Wildman–Crippen MR) is 147 cm³/mol. The number of aliphatic hydroxyl groups is 1. The normalized spacial score (nSPS) is 15.2. The van der Waals surface area contributed by atoms with Crippen LogP contribution in [-0.4, -0.2) is 66.0 Å². The van der Waals surface area contributed by atoms with E-state index in [1.165, 1.54) is 19.2 Å². The second-order valence-corrected chi connectivity index (χ2v) is 11.9. The van der Waals surface area contributed by atoms with Crippen molar-refractivity contribution in [3.8, 4) is 16.9 Å². The molecule has 7 nitrogen and oxygen atoms in total. The fraction of sp³-hybridized carbons (Fsp3) is 0.586. The van der Waals surface area contributed by atoms with Crippen LogP contribution < -0.4 is 9.64 Å². The van der Waals surface area contributed by atoms with Gasteiger partial charge in [0.1, 0.15) is 0 Å². The van der Waals surface area contributed by atoms with Crippen molar-refractivity contribution in [1.82, 2.24) is 9.88 Å². The van der Waals surface area contributed by atoms with Gasteiger partial charge in [-0.25, -0.2) is 8.78 Å². The van der Waals surface area contributed by atoms with Gasteiger partial charge in [-0.2, -0.15) is 0 Å². The fourth-order valence-electron chi connectivity index (χ4n) is 4.45. The summed E-state index contributed by atoms with van der Waals surface area (Å²) >= 11 is 0. The molecule has 1 aromatic heterocycles. The summed E-state index contributed by atoms with van der Waals surface area (Å²) in [4.78, 5) is 20.6. The van der Waals surface area contributed by atoms with E-state index < -0.39 is 29.0 Å². The Hall–Kier alpha value is -2.78. The Bertz CT molecular complexity index is 1100. The summed E-state index contributed by atoms with van der Waals surface area (Å²) < 4.78 is 34.4. The molecule has 1 aliphatic heterocycles. The van der Waals surface area contributed by atoms with E-state index in [2.05, 4.69) is 18.7 Å². The number of methoxy groups -OCH3 is 1. The molecule has 1 aliphatic rings. The minimum absolute atomic E-state index is 0.177. The van der Waals surface area contributed by atoms with Crippen molar-refractivity contribution in [3.05, 3.63) is 40.7 Å². The number of halogens is 2. The lowest BCUT2D eigenvalue weighted by Crippen LogP contribution is -2.38. The number of piperidine rings is 1. The van der Waals surface area contributed by atoms with Crippen molar-refractivity contribution >= 4 is 11.7 Å². The average molecular weight is 536 g/mol. The van der Waals surface area contributed by atoms with E-state index in [1.54, 1.807) is 27.7 Å².